The van der Waals surface area contributed by atoms with Crippen molar-refractivity contribution >= 4 is 12.1 Å². The van der Waals surface area contributed by atoms with Crippen LogP contribution in [-0.4, -0.2) is 38.8 Å². The third-order valence-electron chi connectivity index (χ3n) is 8.10. The maximum atomic E-state index is 13.4. The molecule has 35 heavy (non-hydrogen) atoms. The highest BCUT2D eigenvalue weighted by atomic mass is 19.1. The third kappa shape index (κ3) is 5.03. The highest BCUT2D eigenvalue weighted by molar-refractivity contribution is 5.75. The van der Waals surface area contributed by atoms with E-state index in [0.29, 0.717) is 5.92 Å². The van der Waals surface area contributed by atoms with Crippen LogP contribution in [0.25, 0.3) is 11.8 Å². The first-order chi connectivity index (χ1) is 16.6. The number of carbonyl (C=O) groups is 1. The number of hydrogen-bond donors (Lipinski definition) is 1. The Bertz CT molecular complexity index is 1060. The Hall–Kier alpha value is -2.63. The Morgan fingerprint density at radius 3 is 2.54 bits per heavy atom. The minimum Gasteiger partial charge on any atom is -0.335 e. The Morgan fingerprint density at radius 2 is 1.91 bits per heavy atom. The van der Waals surface area contributed by atoms with Gasteiger partial charge >= 0.3 is 6.03 Å². The predicted molar refractivity (Wildman–Crippen MR) is 140 cm³/mol. The molecule has 2 aliphatic rings. The molecule has 0 bridgehead atoms. The molecule has 1 unspecified atom stereocenters. The molecule has 1 aromatic carbocycles. The molecule has 0 spiro atoms. The lowest BCUT2D eigenvalue weighted by atomic mass is 9.68. The molecule has 0 aliphatic heterocycles. The SMILES string of the molecule is CCCC(C[C@H]1CCC2=Cc3c(cnn3-c3ccc(F)cc3)C[C@@]21C)NC(=O)N(C(C)C)C(C)C. The summed E-state index contributed by atoms with van der Waals surface area (Å²) in [6.07, 6.45) is 10.5. The number of benzene rings is 1. The standard InChI is InChI=1S/C29H41FN4O/c1-7-8-25(32-28(35)33(19(2)3)20(4)5)15-22-9-10-23-16-27-21(17-29(22,23)6)18-31-34(27)26-13-11-24(30)12-14-26/h11-14,16,18-20,22,25H,7-10,15,17H2,1-6H3,(H,32,35)/t22-,25?,29-/m1/s1. The molecule has 4 rings (SSSR count). The summed E-state index contributed by atoms with van der Waals surface area (Å²) in [5.41, 5.74) is 4.80. The summed E-state index contributed by atoms with van der Waals surface area (Å²) in [4.78, 5) is 15.1. The van der Waals surface area contributed by atoms with Gasteiger partial charge < -0.3 is 10.2 Å². The van der Waals surface area contributed by atoms with Gasteiger partial charge in [-0.3, -0.25) is 0 Å². The zero-order valence-corrected chi connectivity index (χ0v) is 22.1. The first-order valence-electron chi connectivity index (χ1n) is 13.3. The van der Waals surface area contributed by atoms with Crippen LogP contribution in [0.15, 0.2) is 36.0 Å². The van der Waals surface area contributed by atoms with Crippen molar-refractivity contribution < 1.29 is 9.18 Å². The van der Waals surface area contributed by atoms with Crippen molar-refractivity contribution in [2.75, 3.05) is 0 Å². The quantitative estimate of drug-likeness (QED) is 0.454. The van der Waals surface area contributed by atoms with Crippen LogP contribution in [0.5, 0.6) is 0 Å². The number of carbonyl (C=O) groups excluding carboxylic acids is 1. The second-order valence-electron chi connectivity index (χ2n) is 11.2. The molecule has 190 valence electrons. The molecule has 2 aromatic rings. The molecule has 1 saturated carbocycles. The minimum absolute atomic E-state index is 0.0545. The second kappa shape index (κ2) is 10.2. The number of aromatic nitrogens is 2. The van der Waals surface area contributed by atoms with E-state index in [-0.39, 0.29) is 35.4 Å². The summed E-state index contributed by atoms with van der Waals surface area (Å²) < 4.78 is 15.4. The van der Waals surface area contributed by atoms with E-state index in [1.807, 2.05) is 15.8 Å². The minimum atomic E-state index is -0.238. The number of nitrogens with one attached hydrogen (secondary N) is 1. The predicted octanol–water partition coefficient (Wildman–Crippen LogP) is 6.75. The van der Waals surface area contributed by atoms with Gasteiger partial charge in [0.2, 0.25) is 0 Å². The molecule has 5 nitrogen and oxygen atoms in total. The van der Waals surface area contributed by atoms with Gasteiger partial charge in [-0.05, 0) is 107 Å². The van der Waals surface area contributed by atoms with Gasteiger partial charge in [0.05, 0.1) is 17.6 Å². The Kier molecular flexibility index (Phi) is 7.39. The zero-order valence-electron chi connectivity index (χ0n) is 22.1. The van der Waals surface area contributed by atoms with Gasteiger partial charge in [0, 0.05) is 18.1 Å². The number of halogens is 1. The van der Waals surface area contributed by atoms with Crippen molar-refractivity contribution in [2.45, 2.75) is 98.2 Å². The molecule has 0 radical (unpaired) electrons. The summed E-state index contributed by atoms with van der Waals surface area (Å²) in [6, 6.07) is 7.10. The largest absolute Gasteiger partial charge is 0.335 e. The normalized spacial score (nSPS) is 22.1. The fourth-order valence-electron chi connectivity index (χ4n) is 6.35. The lowest BCUT2D eigenvalue weighted by Gasteiger charge is -2.38. The van der Waals surface area contributed by atoms with E-state index >= 15 is 0 Å². The number of fused-ring (bicyclic) bond motifs is 2. The molecule has 1 aromatic heterocycles. The van der Waals surface area contributed by atoms with Crippen LogP contribution in [-0.2, 0) is 6.42 Å². The summed E-state index contributed by atoms with van der Waals surface area (Å²) >= 11 is 0. The first kappa shape index (κ1) is 25.5. The number of amides is 2. The number of nitrogens with zero attached hydrogens (tertiary/aromatic N) is 3. The molecule has 6 heteroatoms. The number of allylic oxidation sites excluding steroid dienone is 1. The van der Waals surface area contributed by atoms with E-state index in [2.05, 4.69) is 58.0 Å². The van der Waals surface area contributed by atoms with Crippen LogP contribution in [0, 0.1) is 17.2 Å². The fraction of sp³-hybridized carbons (Fsp3) is 0.586. The van der Waals surface area contributed by atoms with Crippen LogP contribution in [0.1, 0.15) is 84.9 Å². The molecule has 1 N–H and O–H groups in total. The molecule has 1 fully saturated rings. The fourth-order valence-corrected chi connectivity index (χ4v) is 6.35. The molecule has 3 atom stereocenters. The van der Waals surface area contributed by atoms with Crippen LogP contribution in [0.4, 0.5) is 9.18 Å². The topological polar surface area (TPSA) is 50.2 Å². The van der Waals surface area contributed by atoms with Gasteiger partial charge in [0.1, 0.15) is 5.82 Å². The van der Waals surface area contributed by atoms with E-state index in [0.717, 1.165) is 49.9 Å². The van der Waals surface area contributed by atoms with Gasteiger partial charge in [-0.2, -0.15) is 5.10 Å². The maximum Gasteiger partial charge on any atom is 0.318 e. The van der Waals surface area contributed by atoms with Crippen LogP contribution in [0.2, 0.25) is 0 Å². The van der Waals surface area contributed by atoms with Crippen molar-refractivity contribution in [2.24, 2.45) is 11.3 Å². The molecular weight excluding hydrogens is 439 g/mol. The van der Waals surface area contributed by atoms with Gasteiger partial charge in [-0.15, -0.1) is 0 Å². The summed E-state index contributed by atoms with van der Waals surface area (Å²) in [7, 11) is 0. The molecule has 0 saturated heterocycles. The highest BCUT2D eigenvalue weighted by Crippen LogP contribution is 2.54. The maximum absolute atomic E-state index is 13.4. The van der Waals surface area contributed by atoms with E-state index < -0.39 is 0 Å². The van der Waals surface area contributed by atoms with Crippen molar-refractivity contribution in [3.05, 3.63) is 53.1 Å². The van der Waals surface area contributed by atoms with Gasteiger partial charge in [0.15, 0.2) is 0 Å². The molecular formula is C29H41FN4O. The van der Waals surface area contributed by atoms with E-state index in [1.54, 1.807) is 12.1 Å². The molecule has 2 aliphatic carbocycles. The number of urea groups is 1. The summed E-state index contributed by atoms with van der Waals surface area (Å²) in [5.74, 6) is 0.275. The number of hydrogen-bond acceptors (Lipinski definition) is 2. The lowest BCUT2D eigenvalue weighted by Crippen LogP contribution is -2.51. The van der Waals surface area contributed by atoms with Crippen LogP contribution >= 0.6 is 0 Å². The zero-order chi connectivity index (χ0) is 25.3. The Morgan fingerprint density at radius 1 is 1.23 bits per heavy atom. The third-order valence-corrected chi connectivity index (χ3v) is 8.10. The van der Waals surface area contributed by atoms with Gasteiger partial charge in [0.25, 0.3) is 0 Å². The smallest absolute Gasteiger partial charge is 0.318 e. The molecule has 1 heterocycles. The van der Waals surface area contributed by atoms with Crippen molar-refractivity contribution in [3.8, 4) is 5.69 Å². The van der Waals surface area contributed by atoms with Crippen molar-refractivity contribution in [3.63, 3.8) is 0 Å². The second-order valence-corrected chi connectivity index (χ2v) is 11.2. The summed E-state index contributed by atoms with van der Waals surface area (Å²) in [5, 5.41) is 8.04. The van der Waals surface area contributed by atoms with Crippen LogP contribution in [0.3, 0.4) is 0 Å². The van der Waals surface area contributed by atoms with Crippen molar-refractivity contribution in [1.82, 2.24) is 20.0 Å². The van der Waals surface area contributed by atoms with Crippen molar-refractivity contribution in [1.29, 1.82) is 0 Å². The Balaban J connectivity index is 1.53. The van der Waals surface area contributed by atoms with E-state index in [1.165, 1.54) is 23.3 Å². The van der Waals surface area contributed by atoms with E-state index in [4.69, 9.17) is 0 Å². The van der Waals surface area contributed by atoms with Gasteiger partial charge in [-0.25, -0.2) is 13.9 Å². The molecule has 2 amide bonds. The first-order valence-corrected chi connectivity index (χ1v) is 13.3. The monoisotopic (exact) mass is 480 g/mol. The van der Waals surface area contributed by atoms with E-state index in [9.17, 15) is 9.18 Å². The summed E-state index contributed by atoms with van der Waals surface area (Å²) in [6.45, 7) is 12.9. The average molecular weight is 481 g/mol. The average Bonchev–Trinajstić information content (AvgIpc) is 3.32. The highest BCUT2D eigenvalue weighted by Gasteiger charge is 2.46. The Labute approximate surface area is 209 Å². The lowest BCUT2D eigenvalue weighted by molar-refractivity contribution is 0.154. The number of rotatable bonds is 8. The van der Waals surface area contributed by atoms with Crippen LogP contribution < -0.4 is 5.32 Å². The van der Waals surface area contributed by atoms with Gasteiger partial charge in [-0.1, -0.05) is 25.8 Å².